The minimum atomic E-state index is -0.472. The topological polar surface area (TPSA) is 96.5 Å². The first kappa shape index (κ1) is 23.4. The molecule has 2 rings (SSSR count). The van der Waals surface area contributed by atoms with Crippen LogP contribution < -0.4 is 20.9 Å². The van der Waals surface area contributed by atoms with Crippen LogP contribution in [-0.4, -0.2) is 23.8 Å². The highest BCUT2D eigenvalue weighted by atomic mass is 79.9. The molecule has 3 amide bonds. The molecule has 0 aliphatic rings. The van der Waals surface area contributed by atoms with Gasteiger partial charge in [0.2, 0.25) is 11.8 Å². The third kappa shape index (κ3) is 7.18. The molecule has 2 aromatic carbocycles. The first-order valence-electron chi connectivity index (χ1n) is 9.58. The number of hydrogen-bond acceptors (Lipinski definition) is 4. The van der Waals surface area contributed by atoms with Crippen LogP contribution in [0.3, 0.4) is 0 Å². The van der Waals surface area contributed by atoms with E-state index in [1.165, 1.54) is 0 Å². The Hall–Kier alpha value is -2.87. The number of carbonyl (C=O) groups is 3. The lowest BCUT2D eigenvalue weighted by Crippen LogP contribution is -2.41. The smallest absolute Gasteiger partial charge is 0.269 e. The molecule has 0 aromatic heterocycles. The highest BCUT2D eigenvalue weighted by molar-refractivity contribution is 9.10. The molecule has 0 bridgehead atoms. The number of aryl methyl sites for hydroxylation is 2. The molecule has 7 nitrogen and oxygen atoms in total. The van der Waals surface area contributed by atoms with Gasteiger partial charge < -0.3 is 10.1 Å². The lowest BCUT2D eigenvalue weighted by molar-refractivity contribution is -0.124. The van der Waals surface area contributed by atoms with Gasteiger partial charge in [0.25, 0.3) is 5.91 Å². The minimum absolute atomic E-state index is 0.00186. The molecule has 0 saturated heterocycles. The number of hydrazine groups is 1. The Bertz CT molecular complexity index is 944. The molecule has 0 aliphatic carbocycles. The predicted octanol–water partition coefficient (Wildman–Crippen LogP) is 4.03. The molecule has 0 heterocycles. The van der Waals surface area contributed by atoms with Crippen LogP contribution in [0.2, 0.25) is 0 Å². The van der Waals surface area contributed by atoms with Gasteiger partial charge in [-0.15, -0.1) is 0 Å². The second-order valence-corrected chi connectivity index (χ2v) is 8.03. The minimum Gasteiger partial charge on any atom is -0.490 e. The second kappa shape index (κ2) is 10.8. The maximum Gasteiger partial charge on any atom is 0.269 e. The van der Waals surface area contributed by atoms with Gasteiger partial charge in [-0.3, -0.25) is 25.2 Å². The number of rotatable bonds is 7. The van der Waals surface area contributed by atoms with Gasteiger partial charge in [0.1, 0.15) is 5.75 Å². The number of amides is 3. The van der Waals surface area contributed by atoms with E-state index in [0.717, 1.165) is 16.8 Å². The summed E-state index contributed by atoms with van der Waals surface area (Å²) in [6, 6.07) is 10.7. The first-order chi connectivity index (χ1) is 14.2. The predicted molar refractivity (Wildman–Crippen MR) is 119 cm³/mol. The third-order valence-electron chi connectivity index (χ3n) is 4.12. The van der Waals surface area contributed by atoms with Crippen LogP contribution >= 0.6 is 15.9 Å². The number of carbonyl (C=O) groups excluding carboxylic acids is 3. The zero-order valence-electron chi connectivity index (χ0n) is 17.5. The van der Waals surface area contributed by atoms with E-state index in [1.54, 1.807) is 18.2 Å². The average Bonchev–Trinajstić information content (AvgIpc) is 2.68. The molecule has 0 spiro atoms. The van der Waals surface area contributed by atoms with Gasteiger partial charge >= 0.3 is 0 Å². The molecular weight excluding hydrogens is 450 g/mol. The molecule has 0 aliphatic heterocycles. The van der Waals surface area contributed by atoms with Crippen molar-refractivity contribution < 1.29 is 19.1 Å². The zero-order valence-corrected chi connectivity index (χ0v) is 19.1. The van der Waals surface area contributed by atoms with Gasteiger partial charge in [-0.05, 0) is 79.0 Å². The van der Waals surface area contributed by atoms with Crippen LogP contribution in [0.15, 0.2) is 40.9 Å². The quantitative estimate of drug-likeness (QED) is 0.526. The fraction of sp³-hybridized carbons (Fsp3) is 0.318. The number of nitrogens with one attached hydrogen (secondary N) is 3. The average molecular weight is 476 g/mol. The number of ether oxygens (including phenoxy) is 1. The van der Waals surface area contributed by atoms with Crippen molar-refractivity contribution in [2.24, 2.45) is 0 Å². The Morgan fingerprint density at radius 1 is 0.967 bits per heavy atom. The Balaban J connectivity index is 1.80. The monoisotopic (exact) mass is 475 g/mol. The van der Waals surface area contributed by atoms with E-state index in [1.807, 2.05) is 45.9 Å². The summed E-state index contributed by atoms with van der Waals surface area (Å²) in [5.74, 6) is -0.575. The molecule has 2 aromatic rings. The third-order valence-corrected chi connectivity index (χ3v) is 4.74. The van der Waals surface area contributed by atoms with Crippen LogP contribution in [0.1, 0.15) is 48.2 Å². The number of anilines is 1. The van der Waals surface area contributed by atoms with Gasteiger partial charge in [0.15, 0.2) is 0 Å². The summed E-state index contributed by atoms with van der Waals surface area (Å²) in [5.41, 5.74) is 7.73. The maximum absolute atomic E-state index is 12.2. The SMILES string of the molecule is Cc1ccc(C)c(NC(=O)CCC(=O)NNC(=O)c2ccc(OC(C)C)c(Br)c2)c1. The molecular formula is C22H26BrN3O4. The summed E-state index contributed by atoms with van der Waals surface area (Å²) < 4.78 is 6.24. The van der Waals surface area contributed by atoms with Crippen molar-refractivity contribution in [2.75, 3.05) is 5.32 Å². The van der Waals surface area contributed by atoms with Gasteiger partial charge in [-0.1, -0.05) is 12.1 Å². The molecule has 8 heteroatoms. The van der Waals surface area contributed by atoms with Gasteiger partial charge in [0, 0.05) is 24.1 Å². The van der Waals surface area contributed by atoms with Crippen LogP contribution in [0, 0.1) is 13.8 Å². The highest BCUT2D eigenvalue weighted by Crippen LogP contribution is 2.26. The van der Waals surface area contributed by atoms with Crippen LogP contribution in [-0.2, 0) is 9.59 Å². The summed E-state index contributed by atoms with van der Waals surface area (Å²) in [6.07, 6.45) is -0.0451. The molecule has 0 fully saturated rings. The Labute approximate surface area is 184 Å². The molecule has 160 valence electrons. The van der Waals surface area contributed by atoms with Crippen molar-refractivity contribution in [2.45, 2.75) is 46.6 Å². The van der Waals surface area contributed by atoms with Gasteiger partial charge in [0.05, 0.1) is 10.6 Å². The maximum atomic E-state index is 12.2. The lowest BCUT2D eigenvalue weighted by atomic mass is 10.1. The molecule has 0 saturated carbocycles. The van der Waals surface area contributed by atoms with Crippen molar-refractivity contribution in [3.8, 4) is 5.75 Å². The normalized spacial score (nSPS) is 10.5. The summed E-state index contributed by atoms with van der Waals surface area (Å²) in [4.78, 5) is 36.3. The van der Waals surface area contributed by atoms with Crippen molar-refractivity contribution in [3.05, 3.63) is 57.6 Å². The summed E-state index contributed by atoms with van der Waals surface area (Å²) >= 11 is 3.36. The van der Waals surface area contributed by atoms with E-state index >= 15 is 0 Å². The van der Waals surface area contributed by atoms with Crippen molar-refractivity contribution in [1.29, 1.82) is 0 Å². The number of benzene rings is 2. The molecule has 0 radical (unpaired) electrons. The van der Waals surface area contributed by atoms with E-state index in [-0.39, 0.29) is 24.9 Å². The van der Waals surface area contributed by atoms with Crippen molar-refractivity contribution in [1.82, 2.24) is 10.9 Å². The van der Waals surface area contributed by atoms with E-state index in [2.05, 4.69) is 32.1 Å². The van der Waals surface area contributed by atoms with E-state index in [4.69, 9.17) is 4.74 Å². The largest absolute Gasteiger partial charge is 0.490 e. The molecule has 30 heavy (non-hydrogen) atoms. The van der Waals surface area contributed by atoms with E-state index in [9.17, 15) is 14.4 Å². The summed E-state index contributed by atoms with van der Waals surface area (Å²) in [6.45, 7) is 7.65. The van der Waals surface area contributed by atoms with Crippen molar-refractivity contribution in [3.63, 3.8) is 0 Å². The molecule has 3 N–H and O–H groups in total. The molecule has 0 unspecified atom stereocenters. The van der Waals surface area contributed by atoms with Crippen molar-refractivity contribution >= 4 is 39.3 Å². The summed E-state index contributed by atoms with van der Waals surface area (Å²) in [5, 5.41) is 2.80. The fourth-order valence-electron chi connectivity index (χ4n) is 2.56. The standard InChI is InChI=1S/C22H26BrN3O4/c1-13(2)30-19-8-7-16(12-17(19)23)22(29)26-25-21(28)10-9-20(27)24-18-11-14(3)5-6-15(18)4/h5-8,11-13H,9-10H2,1-4H3,(H,24,27)(H,25,28)(H,26,29). The zero-order chi connectivity index (χ0) is 22.3. The Morgan fingerprint density at radius 2 is 1.67 bits per heavy atom. The molecule has 0 atom stereocenters. The van der Waals surface area contributed by atoms with Gasteiger partial charge in [-0.2, -0.15) is 0 Å². The van der Waals surface area contributed by atoms with Crippen LogP contribution in [0.5, 0.6) is 5.75 Å². The number of halogens is 1. The van der Waals surface area contributed by atoms with Crippen LogP contribution in [0.25, 0.3) is 0 Å². The second-order valence-electron chi connectivity index (χ2n) is 7.18. The van der Waals surface area contributed by atoms with Crippen LogP contribution in [0.4, 0.5) is 5.69 Å². The number of hydrogen-bond donors (Lipinski definition) is 3. The van der Waals surface area contributed by atoms with E-state index < -0.39 is 11.8 Å². The Kier molecular flexibility index (Phi) is 8.41. The lowest BCUT2D eigenvalue weighted by Gasteiger charge is -2.13. The van der Waals surface area contributed by atoms with Gasteiger partial charge in [-0.25, -0.2) is 0 Å². The first-order valence-corrected chi connectivity index (χ1v) is 10.4. The Morgan fingerprint density at radius 3 is 2.33 bits per heavy atom. The fourth-order valence-corrected chi connectivity index (χ4v) is 3.04. The highest BCUT2D eigenvalue weighted by Gasteiger charge is 2.12. The van der Waals surface area contributed by atoms with E-state index in [0.29, 0.717) is 15.8 Å². The summed E-state index contributed by atoms with van der Waals surface area (Å²) in [7, 11) is 0.